The lowest BCUT2D eigenvalue weighted by Gasteiger charge is -2.34. The zero-order chi connectivity index (χ0) is 20.2. The van der Waals surface area contributed by atoms with Crippen LogP contribution in [0.5, 0.6) is 0 Å². The van der Waals surface area contributed by atoms with E-state index >= 15 is 0 Å². The lowest BCUT2D eigenvalue weighted by molar-refractivity contribution is 0.0568. The van der Waals surface area contributed by atoms with E-state index in [4.69, 9.17) is 9.73 Å². The second-order valence-electron chi connectivity index (χ2n) is 8.43. The summed E-state index contributed by atoms with van der Waals surface area (Å²) in [6, 6.07) is 0.540. The van der Waals surface area contributed by atoms with Crippen molar-refractivity contribution in [3.05, 3.63) is 36.1 Å². The Kier molecular flexibility index (Phi) is 4.31. The quantitative estimate of drug-likeness (QED) is 0.812. The summed E-state index contributed by atoms with van der Waals surface area (Å²) in [5.74, 6) is 1.70. The number of hydrogen-bond acceptors (Lipinski definition) is 7. The Labute approximate surface area is 173 Å². The number of anilines is 1. The van der Waals surface area contributed by atoms with E-state index in [0.717, 1.165) is 57.2 Å². The number of ether oxygens (including phenoxy) is 1. The van der Waals surface area contributed by atoms with Gasteiger partial charge in [0.05, 0.1) is 37.5 Å². The molecule has 1 aromatic rings. The number of likely N-dealkylation sites (tertiary alicyclic amines) is 1. The van der Waals surface area contributed by atoms with Crippen molar-refractivity contribution in [1.82, 2.24) is 25.0 Å². The largest absolute Gasteiger partial charge is 0.374 e. The number of nitrogens with zero attached hydrogens (tertiary/aromatic N) is 6. The highest BCUT2D eigenvalue weighted by Crippen LogP contribution is 2.37. The van der Waals surface area contributed by atoms with Crippen LogP contribution in [-0.4, -0.2) is 70.5 Å². The van der Waals surface area contributed by atoms with Crippen LogP contribution in [0.1, 0.15) is 37.4 Å². The Balaban J connectivity index is 1.25. The maximum atomic E-state index is 13.8. The molecule has 1 aromatic heterocycles. The molecule has 5 aliphatic heterocycles. The van der Waals surface area contributed by atoms with Gasteiger partial charge < -0.3 is 15.0 Å². The maximum absolute atomic E-state index is 13.8. The fourth-order valence-corrected chi connectivity index (χ4v) is 5.08. The second kappa shape index (κ2) is 7.05. The van der Waals surface area contributed by atoms with Crippen LogP contribution in [0, 0.1) is 0 Å². The smallest absolute Gasteiger partial charge is 0.284 e. The lowest BCUT2D eigenvalue weighted by Crippen LogP contribution is -2.43. The van der Waals surface area contributed by atoms with Gasteiger partial charge in [-0.15, -0.1) is 0 Å². The third-order valence-corrected chi connectivity index (χ3v) is 6.64. The van der Waals surface area contributed by atoms with Crippen LogP contribution in [0.4, 0.5) is 14.5 Å². The molecule has 0 unspecified atom stereocenters. The number of aromatic nitrogens is 2. The number of nitrogens with one attached hydrogen (secondary N) is 1. The van der Waals surface area contributed by atoms with Crippen molar-refractivity contribution in [2.24, 2.45) is 4.99 Å². The number of halogens is 2. The number of hydrogen-bond donors (Lipinski definition) is 1. The predicted molar refractivity (Wildman–Crippen MR) is 107 cm³/mol. The SMILES string of the molecule is FC(F)c1nn(C2CCNCC2)cc1N1CC=C2N=C(N3C[C@H]4C[C@@H]3CO4)C=CN21. The zero-order valence-corrected chi connectivity index (χ0v) is 16.6. The molecule has 0 spiro atoms. The number of alkyl halides is 2. The van der Waals surface area contributed by atoms with Crippen molar-refractivity contribution in [2.45, 2.75) is 43.9 Å². The summed E-state index contributed by atoms with van der Waals surface area (Å²) < 4.78 is 35.1. The summed E-state index contributed by atoms with van der Waals surface area (Å²) in [5.41, 5.74) is 0.284. The van der Waals surface area contributed by atoms with Gasteiger partial charge in [-0.2, -0.15) is 5.10 Å². The average molecular weight is 417 g/mol. The molecule has 30 heavy (non-hydrogen) atoms. The Bertz CT molecular complexity index is 920. The van der Waals surface area contributed by atoms with E-state index in [0.29, 0.717) is 24.4 Å². The van der Waals surface area contributed by atoms with Crippen LogP contribution in [0.3, 0.4) is 0 Å². The number of morpholine rings is 1. The first-order valence-electron chi connectivity index (χ1n) is 10.7. The van der Waals surface area contributed by atoms with Gasteiger partial charge in [-0.05, 0) is 44.5 Å². The molecule has 0 radical (unpaired) electrons. The molecule has 6 heterocycles. The maximum Gasteiger partial charge on any atom is 0.284 e. The van der Waals surface area contributed by atoms with Crippen molar-refractivity contribution in [1.29, 1.82) is 0 Å². The van der Waals surface area contributed by atoms with E-state index in [2.05, 4.69) is 15.3 Å². The van der Waals surface area contributed by atoms with Crippen LogP contribution in [0.2, 0.25) is 0 Å². The first kappa shape index (κ1) is 18.3. The summed E-state index contributed by atoms with van der Waals surface area (Å²) in [7, 11) is 0. The van der Waals surface area contributed by atoms with Crippen molar-refractivity contribution in [3.8, 4) is 0 Å². The minimum atomic E-state index is -2.63. The minimum Gasteiger partial charge on any atom is -0.374 e. The Morgan fingerprint density at radius 1 is 1.20 bits per heavy atom. The fourth-order valence-electron chi connectivity index (χ4n) is 5.08. The summed E-state index contributed by atoms with van der Waals surface area (Å²) in [5, 5.41) is 11.3. The van der Waals surface area contributed by atoms with Crippen LogP contribution < -0.4 is 10.3 Å². The van der Waals surface area contributed by atoms with Gasteiger partial charge in [0.1, 0.15) is 11.5 Å². The third kappa shape index (κ3) is 2.92. The minimum absolute atomic E-state index is 0.155. The van der Waals surface area contributed by atoms with Crippen molar-refractivity contribution >= 4 is 11.5 Å². The molecule has 2 atom stereocenters. The molecule has 1 N–H and O–H groups in total. The molecule has 0 saturated carbocycles. The highest BCUT2D eigenvalue weighted by atomic mass is 19.3. The molecule has 3 saturated heterocycles. The van der Waals surface area contributed by atoms with Gasteiger partial charge in [-0.1, -0.05) is 0 Å². The van der Waals surface area contributed by atoms with Gasteiger partial charge in [-0.25, -0.2) is 18.8 Å². The van der Waals surface area contributed by atoms with E-state index in [1.54, 1.807) is 10.9 Å². The molecule has 6 rings (SSSR count). The first-order chi connectivity index (χ1) is 14.7. The molecule has 8 nitrogen and oxygen atoms in total. The molecule has 160 valence electrons. The van der Waals surface area contributed by atoms with E-state index in [1.165, 1.54) is 0 Å². The molecule has 3 fully saturated rings. The van der Waals surface area contributed by atoms with E-state index < -0.39 is 6.43 Å². The fraction of sp³-hybridized carbons (Fsp3) is 0.600. The van der Waals surface area contributed by atoms with Crippen LogP contribution >= 0.6 is 0 Å². The molecular formula is C20H25F2N7O. The monoisotopic (exact) mass is 417 g/mol. The van der Waals surface area contributed by atoms with Gasteiger partial charge in [0.25, 0.3) is 6.43 Å². The molecular weight excluding hydrogens is 392 g/mol. The van der Waals surface area contributed by atoms with Gasteiger partial charge in [0.15, 0.2) is 11.5 Å². The Morgan fingerprint density at radius 3 is 2.80 bits per heavy atom. The normalized spacial score (nSPS) is 28.6. The second-order valence-corrected chi connectivity index (χ2v) is 8.43. The molecule has 2 bridgehead atoms. The first-order valence-corrected chi connectivity index (χ1v) is 10.7. The summed E-state index contributed by atoms with van der Waals surface area (Å²) in [4.78, 5) is 7.11. The highest BCUT2D eigenvalue weighted by Gasteiger charge is 2.41. The molecule has 5 aliphatic rings. The summed E-state index contributed by atoms with van der Waals surface area (Å²) in [6.45, 7) is 3.87. The van der Waals surface area contributed by atoms with Crippen molar-refractivity contribution in [2.75, 3.05) is 37.8 Å². The van der Waals surface area contributed by atoms with E-state index in [9.17, 15) is 8.78 Å². The van der Waals surface area contributed by atoms with Crippen LogP contribution in [-0.2, 0) is 4.74 Å². The van der Waals surface area contributed by atoms with Gasteiger partial charge in [0.2, 0.25) is 0 Å². The average Bonchev–Trinajstić information content (AvgIpc) is 3.56. The number of aliphatic imine (C=N–C) groups is 1. The van der Waals surface area contributed by atoms with Crippen LogP contribution in [0.15, 0.2) is 35.4 Å². The molecule has 0 aromatic carbocycles. The molecule has 10 heteroatoms. The van der Waals surface area contributed by atoms with Gasteiger partial charge >= 0.3 is 0 Å². The number of rotatable bonds is 3. The topological polar surface area (TPSA) is 61.2 Å². The van der Waals surface area contributed by atoms with E-state index in [1.807, 2.05) is 28.4 Å². The number of amidine groups is 1. The van der Waals surface area contributed by atoms with Gasteiger partial charge in [0, 0.05) is 12.7 Å². The van der Waals surface area contributed by atoms with Crippen LogP contribution in [0.25, 0.3) is 0 Å². The third-order valence-electron chi connectivity index (χ3n) is 6.64. The van der Waals surface area contributed by atoms with Gasteiger partial charge in [-0.3, -0.25) is 9.69 Å². The van der Waals surface area contributed by atoms with E-state index in [-0.39, 0.29) is 11.7 Å². The summed E-state index contributed by atoms with van der Waals surface area (Å²) >= 11 is 0. The number of fused-ring (bicyclic) bond motifs is 3. The Hall–Kier alpha value is -2.46. The van der Waals surface area contributed by atoms with Crippen molar-refractivity contribution in [3.63, 3.8) is 0 Å². The lowest BCUT2D eigenvalue weighted by atomic mass is 10.1. The Morgan fingerprint density at radius 2 is 2.07 bits per heavy atom. The molecule has 0 aliphatic carbocycles. The standard InChI is InChI=1S/C20H25F2N7O/c21-20(22)19-16(11-27(25-19)13-1-5-23-6-2-13)28-7-4-18-24-17(3-8-29(18)28)26-10-15-9-14(26)12-30-15/h3-4,8,11,13-15,20,23H,1-2,5-7,9-10,12H2/t14-,15-/m1/s1. The zero-order valence-electron chi connectivity index (χ0n) is 16.6. The highest BCUT2D eigenvalue weighted by molar-refractivity contribution is 5.95. The summed E-state index contributed by atoms with van der Waals surface area (Å²) in [6.07, 6.45) is 8.16. The molecule has 0 amide bonds. The van der Waals surface area contributed by atoms with Crippen molar-refractivity contribution < 1.29 is 13.5 Å². The number of piperidine rings is 1. The predicted octanol–water partition coefficient (Wildman–Crippen LogP) is 2.02. The number of hydrazine groups is 1.